The van der Waals surface area contributed by atoms with Crippen molar-refractivity contribution in [2.75, 3.05) is 0 Å². The highest BCUT2D eigenvalue weighted by molar-refractivity contribution is 5.86. The summed E-state index contributed by atoms with van der Waals surface area (Å²) in [6.45, 7) is 4.15. The fraction of sp³-hybridized carbons (Fsp3) is 0.214. The van der Waals surface area contributed by atoms with Crippen LogP contribution in [0, 0.1) is 13.8 Å². The number of aliphatic hydroxyl groups excluding tert-OH is 1. The molecule has 3 aromatic rings. The summed E-state index contributed by atoms with van der Waals surface area (Å²) in [7, 11) is 0. The number of pyridine rings is 1. The smallest absolute Gasteiger partial charge is 0.137 e. The zero-order chi connectivity index (χ0) is 12.0. The average Bonchev–Trinajstić information content (AvgIpc) is 2.69. The highest BCUT2D eigenvalue weighted by atomic mass is 16.3. The van der Waals surface area contributed by atoms with Gasteiger partial charge in [0.15, 0.2) is 0 Å². The van der Waals surface area contributed by atoms with Gasteiger partial charge in [-0.25, -0.2) is 4.98 Å². The van der Waals surface area contributed by atoms with Crippen LogP contribution in [-0.2, 0) is 6.61 Å². The molecule has 3 heteroatoms. The van der Waals surface area contributed by atoms with E-state index in [4.69, 9.17) is 0 Å². The van der Waals surface area contributed by atoms with Crippen LogP contribution >= 0.6 is 0 Å². The van der Waals surface area contributed by atoms with Crippen molar-refractivity contribution in [1.29, 1.82) is 0 Å². The van der Waals surface area contributed by atoms with Gasteiger partial charge in [-0.15, -0.1) is 0 Å². The lowest BCUT2D eigenvalue weighted by Gasteiger charge is -2.07. The number of aliphatic hydroxyl groups is 1. The van der Waals surface area contributed by atoms with Gasteiger partial charge in [-0.2, -0.15) is 0 Å². The van der Waals surface area contributed by atoms with Gasteiger partial charge < -0.3 is 5.11 Å². The van der Waals surface area contributed by atoms with E-state index in [1.54, 1.807) is 0 Å². The monoisotopic (exact) mass is 226 g/mol. The number of aromatic nitrogens is 2. The Bertz CT molecular complexity index is 713. The van der Waals surface area contributed by atoms with Gasteiger partial charge in [0.2, 0.25) is 0 Å². The molecule has 0 radical (unpaired) electrons. The van der Waals surface area contributed by atoms with Gasteiger partial charge in [0, 0.05) is 11.6 Å². The summed E-state index contributed by atoms with van der Waals surface area (Å²) in [5.74, 6) is 0. The molecule has 0 saturated heterocycles. The topological polar surface area (TPSA) is 37.5 Å². The number of hydrogen-bond acceptors (Lipinski definition) is 2. The molecule has 3 rings (SSSR count). The molecular formula is C14H14N2O. The number of benzene rings is 1. The predicted octanol–water partition coefficient (Wildman–Crippen LogP) is 2.60. The zero-order valence-electron chi connectivity index (χ0n) is 9.94. The molecule has 2 heterocycles. The Morgan fingerprint density at radius 2 is 2.06 bits per heavy atom. The second-order valence-corrected chi connectivity index (χ2v) is 4.45. The highest BCUT2D eigenvalue weighted by Crippen LogP contribution is 2.23. The second kappa shape index (κ2) is 3.57. The molecule has 0 unspecified atom stereocenters. The molecule has 1 aromatic carbocycles. The molecule has 86 valence electrons. The van der Waals surface area contributed by atoms with Crippen molar-refractivity contribution in [2.24, 2.45) is 0 Å². The van der Waals surface area contributed by atoms with E-state index in [1.165, 1.54) is 10.9 Å². The van der Waals surface area contributed by atoms with Crippen molar-refractivity contribution in [2.45, 2.75) is 20.5 Å². The molecule has 3 nitrogen and oxygen atoms in total. The van der Waals surface area contributed by atoms with Gasteiger partial charge in [-0.1, -0.05) is 6.07 Å². The lowest BCUT2D eigenvalue weighted by atomic mass is 10.1. The third-order valence-electron chi connectivity index (χ3n) is 3.13. The maximum Gasteiger partial charge on any atom is 0.137 e. The van der Waals surface area contributed by atoms with Crippen LogP contribution in [-0.4, -0.2) is 14.5 Å². The number of aryl methyl sites for hydroxylation is 2. The summed E-state index contributed by atoms with van der Waals surface area (Å²) >= 11 is 0. The molecule has 0 aliphatic heterocycles. The molecule has 2 aromatic heterocycles. The summed E-state index contributed by atoms with van der Waals surface area (Å²) in [5.41, 5.74) is 5.26. The number of nitrogens with zero attached hydrogens (tertiary/aromatic N) is 2. The van der Waals surface area contributed by atoms with Crippen molar-refractivity contribution >= 4 is 16.6 Å². The minimum absolute atomic E-state index is 0.0797. The van der Waals surface area contributed by atoms with Gasteiger partial charge in [-0.05, 0) is 43.2 Å². The summed E-state index contributed by atoms with van der Waals surface area (Å²) in [4.78, 5) is 4.48. The van der Waals surface area contributed by atoms with Crippen LogP contribution in [0.3, 0.4) is 0 Å². The van der Waals surface area contributed by atoms with Crippen LogP contribution in [0.1, 0.15) is 16.8 Å². The van der Waals surface area contributed by atoms with Crippen molar-refractivity contribution < 1.29 is 5.11 Å². The normalized spacial score (nSPS) is 11.5. The highest BCUT2D eigenvalue weighted by Gasteiger charge is 2.06. The van der Waals surface area contributed by atoms with Crippen LogP contribution in [0.25, 0.3) is 16.6 Å². The van der Waals surface area contributed by atoms with E-state index in [-0.39, 0.29) is 6.61 Å². The molecule has 0 amide bonds. The Morgan fingerprint density at radius 3 is 2.82 bits per heavy atom. The van der Waals surface area contributed by atoms with Crippen LogP contribution in [0.15, 0.2) is 30.5 Å². The molecule has 17 heavy (non-hydrogen) atoms. The standard InChI is InChI=1S/C14H14N2O/c1-9-5-14-15-10(2)7-16(14)13-4-3-11(8-17)6-12(9)13/h3-7,17H,8H2,1-2H3. The Kier molecular flexibility index (Phi) is 2.16. The average molecular weight is 226 g/mol. The van der Waals surface area contributed by atoms with Gasteiger partial charge >= 0.3 is 0 Å². The quantitative estimate of drug-likeness (QED) is 0.692. The maximum absolute atomic E-state index is 9.19. The van der Waals surface area contributed by atoms with Gasteiger partial charge in [0.1, 0.15) is 5.65 Å². The fourth-order valence-corrected chi connectivity index (χ4v) is 2.29. The van der Waals surface area contributed by atoms with E-state index >= 15 is 0 Å². The van der Waals surface area contributed by atoms with Gasteiger partial charge in [-0.3, -0.25) is 4.40 Å². The van der Waals surface area contributed by atoms with Gasteiger partial charge in [0.05, 0.1) is 17.8 Å². The maximum atomic E-state index is 9.19. The summed E-state index contributed by atoms with van der Waals surface area (Å²) in [6, 6.07) is 8.12. The molecule has 1 N–H and O–H groups in total. The number of imidazole rings is 1. The Morgan fingerprint density at radius 1 is 1.24 bits per heavy atom. The van der Waals surface area contributed by atoms with Crippen LogP contribution in [0.2, 0.25) is 0 Å². The van der Waals surface area contributed by atoms with Crippen molar-refractivity contribution in [3.8, 4) is 0 Å². The fourth-order valence-electron chi connectivity index (χ4n) is 2.29. The third kappa shape index (κ3) is 1.51. The van der Waals surface area contributed by atoms with Crippen LogP contribution in [0.5, 0.6) is 0 Å². The third-order valence-corrected chi connectivity index (χ3v) is 3.13. The lowest BCUT2D eigenvalue weighted by molar-refractivity contribution is 0.282. The van der Waals surface area contributed by atoms with Crippen molar-refractivity contribution in [3.63, 3.8) is 0 Å². The minimum atomic E-state index is 0.0797. The van der Waals surface area contributed by atoms with Crippen LogP contribution in [0.4, 0.5) is 0 Å². The first-order valence-corrected chi connectivity index (χ1v) is 5.68. The molecule has 0 fully saturated rings. The number of hydrogen-bond donors (Lipinski definition) is 1. The first kappa shape index (κ1) is 10.3. The van der Waals surface area contributed by atoms with E-state index < -0.39 is 0 Å². The van der Waals surface area contributed by atoms with E-state index in [9.17, 15) is 5.11 Å². The minimum Gasteiger partial charge on any atom is -0.392 e. The van der Waals surface area contributed by atoms with E-state index in [2.05, 4.69) is 22.4 Å². The number of fused-ring (bicyclic) bond motifs is 3. The first-order chi connectivity index (χ1) is 8.19. The molecule has 0 atom stereocenters. The summed E-state index contributed by atoms with van der Waals surface area (Å²) < 4.78 is 2.10. The number of rotatable bonds is 1. The molecule has 0 spiro atoms. The van der Waals surface area contributed by atoms with Crippen molar-refractivity contribution in [1.82, 2.24) is 9.38 Å². The van der Waals surface area contributed by atoms with E-state index in [0.29, 0.717) is 0 Å². The Balaban J connectivity index is 2.48. The molecule has 0 saturated carbocycles. The second-order valence-electron chi connectivity index (χ2n) is 4.45. The molecule has 0 aliphatic carbocycles. The summed E-state index contributed by atoms with van der Waals surface area (Å²) in [5, 5.41) is 10.4. The molecule has 0 bridgehead atoms. The van der Waals surface area contributed by atoms with E-state index in [0.717, 1.165) is 22.4 Å². The van der Waals surface area contributed by atoms with Gasteiger partial charge in [0.25, 0.3) is 0 Å². The Hall–Kier alpha value is -1.87. The molecular weight excluding hydrogens is 212 g/mol. The SMILES string of the molecule is Cc1cn2c(cc(C)c3cc(CO)ccc32)n1. The first-order valence-electron chi connectivity index (χ1n) is 5.68. The van der Waals surface area contributed by atoms with E-state index in [1.807, 2.05) is 31.3 Å². The largest absolute Gasteiger partial charge is 0.392 e. The predicted molar refractivity (Wildman–Crippen MR) is 68.1 cm³/mol. The zero-order valence-corrected chi connectivity index (χ0v) is 9.94. The Labute approximate surface area is 99.3 Å². The molecule has 0 aliphatic rings. The lowest BCUT2D eigenvalue weighted by Crippen LogP contribution is -1.92. The van der Waals surface area contributed by atoms with Crippen molar-refractivity contribution in [3.05, 3.63) is 47.3 Å². The van der Waals surface area contributed by atoms with Crippen LogP contribution < -0.4 is 0 Å². The summed E-state index contributed by atoms with van der Waals surface area (Å²) in [6.07, 6.45) is 2.04.